The smallest absolute Gasteiger partial charge is 0.424 e. The number of nitro benzene ring substituents is 1. The number of nitrogens with zero attached hydrogens (tertiary/aromatic N) is 2. The molecule has 96 valence electrons. The Labute approximate surface area is 103 Å². The summed E-state index contributed by atoms with van der Waals surface area (Å²) in [5.41, 5.74) is 3.62. The van der Waals surface area contributed by atoms with E-state index in [9.17, 15) is 14.9 Å². The van der Waals surface area contributed by atoms with Crippen LogP contribution in [-0.4, -0.2) is 29.1 Å². The molecule has 1 fully saturated rings. The Morgan fingerprint density at radius 2 is 2.17 bits per heavy atom. The molecule has 0 atom stereocenters. The second kappa shape index (κ2) is 5.46. The van der Waals surface area contributed by atoms with Crippen molar-refractivity contribution in [1.82, 2.24) is 10.4 Å². The number of non-ortho nitro benzene ring substituents is 1. The van der Waals surface area contributed by atoms with Crippen molar-refractivity contribution in [3.05, 3.63) is 39.9 Å². The van der Waals surface area contributed by atoms with Gasteiger partial charge in [-0.25, -0.2) is 15.2 Å². The number of carbonyl (C=O) groups excluding carboxylic acids is 1. The van der Waals surface area contributed by atoms with Gasteiger partial charge >= 0.3 is 6.09 Å². The van der Waals surface area contributed by atoms with Gasteiger partial charge in [0.1, 0.15) is 6.61 Å². The van der Waals surface area contributed by atoms with E-state index in [-0.39, 0.29) is 12.3 Å². The number of ether oxygens (including phenoxy) is 1. The number of amides is 1. The number of carbonyl (C=O) groups is 1. The van der Waals surface area contributed by atoms with Crippen LogP contribution >= 0.6 is 0 Å². The van der Waals surface area contributed by atoms with Gasteiger partial charge in [-0.15, -0.1) is 0 Å². The van der Waals surface area contributed by atoms with Crippen molar-refractivity contribution < 1.29 is 14.5 Å². The molecule has 1 aliphatic heterocycles. The Bertz CT molecular complexity index is 440. The van der Waals surface area contributed by atoms with Gasteiger partial charge in [0.15, 0.2) is 0 Å². The van der Waals surface area contributed by atoms with E-state index in [0.717, 1.165) is 13.0 Å². The van der Waals surface area contributed by atoms with E-state index in [2.05, 4.69) is 5.43 Å². The Morgan fingerprint density at radius 3 is 2.72 bits per heavy atom. The fourth-order valence-electron chi connectivity index (χ4n) is 1.62. The minimum absolute atomic E-state index is 0.0197. The van der Waals surface area contributed by atoms with E-state index in [0.29, 0.717) is 12.1 Å². The zero-order chi connectivity index (χ0) is 13.0. The maximum absolute atomic E-state index is 11.5. The van der Waals surface area contributed by atoms with Crippen LogP contribution in [0.15, 0.2) is 24.3 Å². The summed E-state index contributed by atoms with van der Waals surface area (Å²) < 4.78 is 5.07. The molecule has 1 saturated heterocycles. The highest BCUT2D eigenvalue weighted by Crippen LogP contribution is 2.13. The molecule has 0 saturated carbocycles. The third-order valence-electron chi connectivity index (χ3n) is 2.59. The lowest BCUT2D eigenvalue weighted by molar-refractivity contribution is -0.384. The standard InChI is InChI=1S/C11H13N3O4/c15-11(13-7-1-6-12-13)18-8-9-2-4-10(5-3-9)14(16)17/h2-5,12H,1,6-8H2. The molecule has 7 heteroatoms. The van der Waals surface area contributed by atoms with Gasteiger partial charge in [-0.05, 0) is 24.1 Å². The topological polar surface area (TPSA) is 84.7 Å². The Morgan fingerprint density at radius 1 is 1.44 bits per heavy atom. The summed E-state index contributed by atoms with van der Waals surface area (Å²) in [6.07, 6.45) is 0.484. The van der Waals surface area contributed by atoms with Gasteiger partial charge < -0.3 is 4.74 Å². The molecule has 0 spiro atoms. The van der Waals surface area contributed by atoms with Crippen LogP contribution in [0.3, 0.4) is 0 Å². The number of hydrogen-bond donors (Lipinski definition) is 1. The van der Waals surface area contributed by atoms with Crippen molar-refractivity contribution >= 4 is 11.8 Å². The molecule has 1 aromatic rings. The van der Waals surface area contributed by atoms with Gasteiger partial charge in [-0.2, -0.15) is 0 Å². The summed E-state index contributed by atoms with van der Waals surface area (Å²) >= 11 is 0. The Kier molecular flexibility index (Phi) is 3.73. The predicted molar refractivity (Wildman–Crippen MR) is 62.6 cm³/mol. The van der Waals surface area contributed by atoms with Crippen LogP contribution < -0.4 is 5.43 Å². The average Bonchev–Trinajstić information content (AvgIpc) is 2.90. The van der Waals surface area contributed by atoms with Gasteiger partial charge in [0.05, 0.1) is 4.92 Å². The number of nitro groups is 1. The minimum atomic E-state index is -0.468. The van der Waals surface area contributed by atoms with E-state index >= 15 is 0 Å². The van der Waals surface area contributed by atoms with Crippen molar-refractivity contribution in [2.24, 2.45) is 0 Å². The highest BCUT2D eigenvalue weighted by molar-refractivity contribution is 5.67. The maximum atomic E-state index is 11.5. The lowest BCUT2D eigenvalue weighted by Gasteiger charge is -2.15. The Balaban J connectivity index is 1.86. The predicted octanol–water partition coefficient (Wildman–Crippen LogP) is 1.44. The van der Waals surface area contributed by atoms with Crippen LogP contribution in [0.5, 0.6) is 0 Å². The van der Waals surface area contributed by atoms with Crippen molar-refractivity contribution in [1.29, 1.82) is 0 Å². The van der Waals surface area contributed by atoms with Crippen molar-refractivity contribution in [3.8, 4) is 0 Å². The maximum Gasteiger partial charge on any atom is 0.424 e. The highest BCUT2D eigenvalue weighted by atomic mass is 16.6. The zero-order valence-corrected chi connectivity index (χ0v) is 9.67. The second-order valence-electron chi connectivity index (χ2n) is 3.89. The van der Waals surface area contributed by atoms with Gasteiger partial charge in [0.25, 0.3) is 5.69 Å². The molecule has 1 N–H and O–H groups in total. The average molecular weight is 251 g/mol. The molecule has 1 aliphatic rings. The summed E-state index contributed by atoms with van der Waals surface area (Å²) in [6, 6.07) is 5.92. The van der Waals surface area contributed by atoms with E-state index in [1.165, 1.54) is 17.1 Å². The van der Waals surface area contributed by atoms with Crippen molar-refractivity contribution in [2.45, 2.75) is 13.0 Å². The lowest BCUT2D eigenvalue weighted by Crippen LogP contribution is -2.37. The lowest BCUT2D eigenvalue weighted by atomic mass is 10.2. The molecular weight excluding hydrogens is 238 g/mol. The third-order valence-corrected chi connectivity index (χ3v) is 2.59. The molecule has 0 bridgehead atoms. The normalized spacial score (nSPS) is 14.6. The first-order valence-electron chi connectivity index (χ1n) is 5.58. The summed E-state index contributed by atoms with van der Waals surface area (Å²) in [4.78, 5) is 21.5. The molecule has 7 nitrogen and oxygen atoms in total. The number of hydrogen-bond acceptors (Lipinski definition) is 5. The monoisotopic (exact) mass is 251 g/mol. The van der Waals surface area contributed by atoms with E-state index < -0.39 is 11.0 Å². The van der Waals surface area contributed by atoms with Gasteiger partial charge in [0.2, 0.25) is 0 Å². The number of rotatable bonds is 3. The number of nitrogens with one attached hydrogen (secondary N) is 1. The fraction of sp³-hybridized carbons (Fsp3) is 0.364. The van der Waals surface area contributed by atoms with Crippen molar-refractivity contribution in [3.63, 3.8) is 0 Å². The SMILES string of the molecule is O=C(OCc1ccc([N+](=O)[O-])cc1)N1CCCN1. The van der Waals surface area contributed by atoms with E-state index in [1.807, 2.05) is 0 Å². The molecule has 0 unspecified atom stereocenters. The third kappa shape index (κ3) is 2.95. The van der Waals surface area contributed by atoms with Crippen LogP contribution in [-0.2, 0) is 11.3 Å². The zero-order valence-electron chi connectivity index (χ0n) is 9.67. The largest absolute Gasteiger partial charge is 0.444 e. The molecule has 18 heavy (non-hydrogen) atoms. The van der Waals surface area contributed by atoms with Gasteiger partial charge in [0, 0.05) is 25.2 Å². The van der Waals surface area contributed by atoms with Crippen molar-refractivity contribution in [2.75, 3.05) is 13.1 Å². The van der Waals surface area contributed by atoms with E-state index in [4.69, 9.17) is 4.74 Å². The van der Waals surface area contributed by atoms with Crippen LogP contribution in [0.1, 0.15) is 12.0 Å². The van der Waals surface area contributed by atoms with E-state index in [1.54, 1.807) is 12.1 Å². The van der Waals surface area contributed by atoms with Gasteiger partial charge in [-0.3, -0.25) is 10.1 Å². The molecule has 0 radical (unpaired) electrons. The molecular formula is C11H13N3O4. The molecule has 1 amide bonds. The first-order valence-corrected chi connectivity index (χ1v) is 5.58. The molecule has 0 aromatic heterocycles. The van der Waals surface area contributed by atoms with Crippen LogP contribution in [0.2, 0.25) is 0 Å². The summed E-state index contributed by atoms with van der Waals surface area (Å²) in [7, 11) is 0. The fourth-order valence-corrected chi connectivity index (χ4v) is 1.62. The first-order chi connectivity index (χ1) is 8.66. The van der Waals surface area contributed by atoms with Gasteiger partial charge in [-0.1, -0.05) is 0 Å². The molecule has 2 rings (SSSR count). The number of benzene rings is 1. The Hall–Kier alpha value is -2.15. The first kappa shape index (κ1) is 12.3. The minimum Gasteiger partial charge on any atom is -0.444 e. The van der Waals surface area contributed by atoms with Crippen LogP contribution in [0.25, 0.3) is 0 Å². The molecule has 1 aromatic carbocycles. The van der Waals surface area contributed by atoms with Crippen LogP contribution in [0.4, 0.5) is 10.5 Å². The summed E-state index contributed by atoms with van der Waals surface area (Å²) in [5, 5.41) is 11.9. The summed E-state index contributed by atoms with van der Waals surface area (Å²) in [6.45, 7) is 1.51. The second-order valence-corrected chi connectivity index (χ2v) is 3.89. The van der Waals surface area contributed by atoms with Crippen LogP contribution in [0, 0.1) is 10.1 Å². The summed E-state index contributed by atoms with van der Waals surface area (Å²) in [5.74, 6) is 0. The number of hydrazine groups is 1. The molecule has 1 heterocycles. The molecule has 0 aliphatic carbocycles. The quantitative estimate of drug-likeness (QED) is 0.649. The highest BCUT2D eigenvalue weighted by Gasteiger charge is 2.18.